The van der Waals surface area contributed by atoms with Crippen LogP contribution < -0.4 is 10.5 Å². The van der Waals surface area contributed by atoms with E-state index in [0.717, 1.165) is 38.0 Å². The number of rotatable bonds is 13. The Bertz CT molecular complexity index is 1410. The number of anilines is 1. The molecule has 0 bridgehead atoms. The van der Waals surface area contributed by atoms with Crippen molar-refractivity contribution < 1.29 is 23.5 Å². The quantitative estimate of drug-likeness (QED) is 0.131. The zero-order valence-corrected chi connectivity index (χ0v) is 22.9. The van der Waals surface area contributed by atoms with E-state index in [9.17, 15) is 9.59 Å². The number of nitrogens with two attached hydrogens (primary N) is 1. The topological polar surface area (TPSA) is 95.0 Å². The molecule has 0 atom stereocenters. The number of furan rings is 1. The number of carbonyl (C=O) groups excluding carboxylic acids is 2. The molecule has 0 aliphatic rings. The number of nitrogen functional groups attached to an aromatic ring is 1. The van der Waals surface area contributed by atoms with Crippen LogP contribution in [0.25, 0.3) is 11.0 Å². The van der Waals surface area contributed by atoms with Crippen LogP contribution >= 0.6 is 0 Å². The maximum atomic E-state index is 13.6. The molecule has 7 heteroatoms. The van der Waals surface area contributed by atoms with Crippen LogP contribution in [0.15, 0.2) is 71.1 Å². The maximum absolute atomic E-state index is 13.6. The number of ketones is 1. The molecule has 0 radical (unpaired) electrons. The molecule has 0 aliphatic carbocycles. The highest BCUT2D eigenvalue weighted by atomic mass is 16.5. The summed E-state index contributed by atoms with van der Waals surface area (Å²) in [6.45, 7) is 4.32. The van der Waals surface area contributed by atoms with Crippen LogP contribution in [-0.2, 0) is 17.6 Å². The number of fused-ring (bicyclic) bond motifs is 1. The van der Waals surface area contributed by atoms with Gasteiger partial charge in [0.05, 0.1) is 18.2 Å². The van der Waals surface area contributed by atoms with Crippen LogP contribution in [0.3, 0.4) is 0 Å². The monoisotopic (exact) mass is 528 g/mol. The van der Waals surface area contributed by atoms with Crippen molar-refractivity contribution in [3.05, 3.63) is 94.7 Å². The minimum Gasteiger partial charge on any atom is -0.492 e. The molecule has 0 unspecified atom stereocenters. The van der Waals surface area contributed by atoms with Crippen molar-refractivity contribution >= 4 is 28.4 Å². The number of carbonyl (C=O) groups is 2. The number of benzene rings is 3. The largest absolute Gasteiger partial charge is 0.492 e. The summed E-state index contributed by atoms with van der Waals surface area (Å²) in [4.78, 5) is 28.0. The molecule has 0 aliphatic heterocycles. The van der Waals surface area contributed by atoms with Gasteiger partial charge in [-0.25, -0.2) is 4.79 Å². The molecule has 4 rings (SSSR count). The predicted octanol–water partition coefficient (Wildman–Crippen LogP) is 5.93. The Balaban J connectivity index is 1.41. The first-order valence-corrected chi connectivity index (χ1v) is 13.3. The summed E-state index contributed by atoms with van der Waals surface area (Å²) >= 11 is 0. The van der Waals surface area contributed by atoms with Crippen molar-refractivity contribution in [3.63, 3.8) is 0 Å². The Morgan fingerprint density at radius 1 is 0.923 bits per heavy atom. The van der Waals surface area contributed by atoms with Gasteiger partial charge in [0.2, 0.25) is 0 Å². The van der Waals surface area contributed by atoms with Crippen LogP contribution in [0.1, 0.15) is 57.4 Å². The normalized spacial score (nSPS) is 11.2. The molecule has 7 nitrogen and oxygen atoms in total. The highest BCUT2D eigenvalue weighted by Crippen LogP contribution is 2.31. The zero-order valence-electron chi connectivity index (χ0n) is 22.9. The van der Waals surface area contributed by atoms with Gasteiger partial charge >= 0.3 is 5.97 Å². The van der Waals surface area contributed by atoms with Crippen molar-refractivity contribution in [2.45, 2.75) is 32.6 Å². The smallest absolute Gasteiger partial charge is 0.337 e. The number of likely N-dealkylation sites (N-methyl/N-ethyl adjacent to an activating group) is 1. The lowest BCUT2D eigenvalue weighted by Gasteiger charge is -2.17. The van der Waals surface area contributed by atoms with E-state index in [-0.39, 0.29) is 5.78 Å². The van der Waals surface area contributed by atoms with E-state index in [1.165, 1.54) is 12.7 Å². The van der Waals surface area contributed by atoms with Crippen molar-refractivity contribution in [1.82, 2.24) is 4.90 Å². The Labute approximate surface area is 229 Å². The Hall–Kier alpha value is -4.10. The average molecular weight is 529 g/mol. The fourth-order valence-corrected chi connectivity index (χ4v) is 4.44. The fraction of sp³-hybridized carbons (Fsp3) is 0.312. The number of ether oxygens (including phenoxy) is 2. The molecule has 1 heterocycles. The summed E-state index contributed by atoms with van der Waals surface area (Å²) in [5.41, 5.74) is 9.78. The molecule has 0 amide bonds. The lowest BCUT2D eigenvalue weighted by Crippen LogP contribution is -2.26. The summed E-state index contributed by atoms with van der Waals surface area (Å²) in [6.07, 6.45) is 3.45. The molecule has 3 aromatic carbocycles. The van der Waals surface area contributed by atoms with Gasteiger partial charge in [-0.15, -0.1) is 0 Å². The third-order valence-corrected chi connectivity index (χ3v) is 6.79. The summed E-state index contributed by atoms with van der Waals surface area (Å²) in [5, 5.41) is 0.622. The number of methoxy groups -OCH3 is 1. The van der Waals surface area contributed by atoms with E-state index in [4.69, 9.17) is 19.6 Å². The highest BCUT2D eigenvalue weighted by Gasteiger charge is 2.23. The molecule has 1 aromatic heterocycles. The van der Waals surface area contributed by atoms with Gasteiger partial charge in [0.1, 0.15) is 23.7 Å². The first-order chi connectivity index (χ1) is 18.9. The summed E-state index contributed by atoms with van der Waals surface area (Å²) in [6, 6.07) is 20.2. The molecule has 4 aromatic rings. The number of aryl methyl sites for hydroxylation is 1. The zero-order chi connectivity index (χ0) is 27.8. The van der Waals surface area contributed by atoms with Crippen molar-refractivity contribution in [2.75, 3.05) is 39.6 Å². The molecule has 0 saturated heterocycles. The van der Waals surface area contributed by atoms with E-state index in [1.807, 2.05) is 24.3 Å². The first-order valence-electron chi connectivity index (χ1n) is 13.3. The van der Waals surface area contributed by atoms with Gasteiger partial charge in [-0.3, -0.25) is 4.79 Å². The number of hydrogen-bond acceptors (Lipinski definition) is 7. The highest BCUT2D eigenvalue weighted by molar-refractivity contribution is 6.17. The fourth-order valence-electron chi connectivity index (χ4n) is 4.44. The molecule has 0 spiro atoms. The standard InChI is InChI=1S/C32H36N2O5/c1-4-5-6-29-30(27-21-24(32(36)37-3)11-16-28(27)39-29)31(35)23-9-14-26(15-10-23)38-20-19-34(2)18-17-22-7-12-25(33)13-8-22/h7-16,21H,4-6,17-20,33H2,1-3H3. The molecule has 0 fully saturated rings. The predicted molar refractivity (Wildman–Crippen MR) is 154 cm³/mol. The van der Waals surface area contributed by atoms with Crippen molar-refractivity contribution in [2.24, 2.45) is 0 Å². The van der Waals surface area contributed by atoms with Gasteiger partial charge in [0.15, 0.2) is 5.78 Å². The molecular formula is C32H36N2O5. The second-order valence-corrected chi connectivity index (χ2v) is 9.70. The molecule has 0 saturated carbocycles. The second kappa shape index (κ2) is 13.1. The maximum Gasteiger partial charge on any atom is 0.337 e. The number of hydrogen-bond donors (Lipinski definition) is 1. The summed E-state index contributed by atoms with van der Waals surface area (Å²) in [5.74, 6) is 0.746. The minimum atomic E-state index is -0.455. The van der Waals surface area contributed by atoms with Crippen molar-refractivity contribution in [3.8, 4) is 5.75 Å². The SMILES string of the molecule is CCCCc1oc2ccc(C(=O)OC)cc2c1C(=O)c1ccc(OCCN(C)CCc2ccc(N)cc2)cc1. The van der Waals surface area contributed by atoms with E-state index in [1.54, 1.807) is 30.3 Å². The summed E-state index contributed by atoms with van der Waals surface area (Å²) < 4.78 is 16.9. The first kappa shape index (κ1) is 27.9. The number of nitrogens with zero attached hydrogens (tertiary/aromatic N) is 1. The van der Waals surface area contributed by atoms with Gasteiger partial charge in [-0.05, 0) is 80.1 Å². The van der Waals surface area contributed by atoms with Crippen LogP contribution in [-0.4, -0.2) is 50.5 Å². The van der Waals surface area contributed by atoms with E-state index in [0.29, 0.717) is 52.2 Å². The Morgan fingerprint density at radius 3 is 2.33 bits per heavy atom. The molecule has 2 N–H and O–H groups in total. The van der Waals surface area contributed by atoms with Crippen LogP contribution in [0.5, 0.6) is 5.75 Å². The molecule has 204 valence electrons. The minimum absolute atomic E-state index is 0.143. The van der Waals surface area contributed by atoms with E-state index in [2.05, 4.69) is 31.0 Å². The third-order valence-electron chi connectivity index (χ3n) is 6.79. The van der Waals surface area contributed by atoms with Gasteiger partial charge in [-0.1, -0.05) is 25.5 Å². The van der Waals surface area contributed by atoms with Gasteiger partial charge in [-0.2, -0.15) is 0 Å². The number of esters is 1. The number of unbranched alkanes of at least 4 members (excludes halogenated alkanes) is 1. The summed E-state index contributed by atoms with van der Waals surface area (Å²) in [7, 11) is 3.41. The average Bonchev–Trinajstić information content (AvgIpc) is 3.32. The van der Waals surface area contributed by atoms with Gasteiger partial charge in [0.25, 0.3) is 0 Å². The van der Waals surface area contributed by atoms with Gasteiger partial charge < -0.3 is 24.5 Å². The van der Waals surface area contributed by atoms with Gasteiger partial charge in [0, 0.05) is 36.1 Å². The Kier molecular flexibility index (Phi) is 9.39. The van der Waals surface area contributed by atoms with E-state index >= 15 is 0 Å². The van der Waals surface area contributed by atoms with Crippen LogP contribution in [0.2, 0.25) is 0 Å². The third kappa shape index (κ3) is 7.06. The molecule has 39 heavy (non-hydrogen) atoms. The van der Waals surface area contributed by atoms with Crippen LogP contribution in [0, 0.1) is 0 Å². The van der Waals surface area contributed by atoms with Crippen LogP contribution in [0.4, 0.5) is 5.69 Å². The second-order valence-electron chi connectivity index (χ2n) is 9.70. The Morgan fingerprint density at radius 2 is 1.64 bits per heavy atom. The molecular weight excluding hydrogens is 492 g/mol. The van der Waals surface area contributed by atoms with Crippen molar-refractivity contribution in [1.29, 1.82) is 0 Å². The van der Waals surface area contributed by atoms with E-state index < -0.39 is 5.97 Å². The lowest BCUT2D eigenvalue weighted by molar-refractivity contribution is 0.0600. The lowest BCUT2D eigenvalue weighted by atomic mass is 9.97.